The average Bonchev–Trinajstić information content (AvgIpc) is 3.00. The molecule has 1 aliphatic rings. The normalized spacial score (nSPS) is 15.5. The second-order valence-corrected chi connectivity index (χ2v) is 7.90. The molecule has 0 saturated heterocycles. The predicted molar refractivity (Wildman–Crippen MR) is 110 cm³/mol. The molecule has 146 valence electrons. The highest BCUT2D eigenvalue weighted by molar-refractivity contribution is 6.31. The number of hydrogen-bond acceptors (Lipinski definition) is 5. The Morgan fingerprint density at radius 1 is 1.36 bits per heavy atom. The van der Waals surface area contributed by atoms with Gasteiger partial charge in [0.1, 0.15) is 12.1 Å². The number of fused-ring (bicyclic) bond motifs is 3. The monoisotopic (exact) mass is 397 g/mol. The smallest absolute Gasteiger partial charge is 0.147 e. The van der Waals surface area contributed by atoms with Crippen LogP contribution in [0.25, 0.3) is 10.9 Å². The van der Waals surface area contributed by atoms with E-state index in [1.165, 1.54) is 23.0 Å². The predicted octanol–water partition coefficient (Wildman–Crippen LogP) is 2.77. The van der Waals surface area contributed by atoms with Gasteiger partial charge in [-0.1, -0.05) is 11.6 Å². The molecule has 0 aliphatic carbocycles. The van der Waals surface area contributed by atoms with E-state index in [1.54, 1.807) is 6.20 Å². The van der Waals surface area contributed by atoms with Crippen LogP contribution >= 0.6 is 11.6 Å². The van der Waals surface area contributed by atoms with Crippen molar-refractivity contribution in [2.75, 3.05) is 20.1 Å². The van der Waals surface area contributed by atoms with Gasteiger partial charge in [0.25, 0.3) is 0 Å². The van der Waals surface area contributed by atoms with E-state index in [1.807, 2.05) is 12.1 Å². The summed E-state index contributed by atoms with van der Waals surface area (Å²) in [4.78, 5) is 22.9. The Bertz CT molecular complexity index is 1000. The molecule has 0 spiro atoms. The van der Waals surface area contributed by atoms with Crippen molar-refractivity contribution < 1.29 is 4.79 Å². The number of benzene rings is 1. The van der Waals surface area contributed by atoms with Gasteiger partial charge in [-0.3, -0.25) is 4.79 Å². The zero-order chi connectivity index (χ0) is 19.7. The number of Topliss-reactive ketones (excluding diaryl/α,β-unsaturated/α-hetero) is 1. The van der Waals surface area contributed by atoms with E-state index in [0.717, 1.165) is 35.7 Å². The van der Waals surface area contributed by atoms with Crippen molar-refractivity contribution in [3.63, 3.8) is 0 Å². The number of nitrogens with zero attached hydrogens (tertiary/aromatic N) is 4. The highest BCUT2D eigenvalue weighted by atomic mass is 35.5. The Morgan fingerprint density at radius 3 is 2.96 bits per heavy atom. The first-order valence-electron chi connectivity index (χ1n) is 9.52. The van der Waals surface area contributed by atoms with E-state index in [-0.39, 0.29) is 18.2 Å². The average molecular weight is 398 g/mol. The molecule has 1 unspecified atom stereocenters. The number of hydrogen-bond donors (Lipinski definition) is 1. The second kappa shape index (κ2) is 7.99. The third-order valence-electron chi connectivity index (χ3n) is 5.53. The Kier molecular flexibility index (Phi) is 5.44. The first-order valence-corrected chi connectivity index (χ1v) is 9.90. The van der Waals surface area contributed by atoms with Crippen molar-refractivity contribution in [3.05, 3.63) is 58.8 Å². The summed E-state index contributed by atoms with van der Waals surface area (Å²) in [5, 5.41) is 1.94. The highest BCUT2D eigenvalue weighted by Gasteiger charge is 2.25. The highest BCUT2D eigenvalue weighted by Crippen LogP contribution is 2.34. The van der Waals surface area contributed by atoms with Crippen molar-refractivity contribution in [1.82, 2.24) is 19.4 Å². The van der Waals surface area contributed by atoms with E-state index in [4.69, 9.17) is 17.3 Å². The number of halogens is 1. The molecule has 0 fully saturated rings. The van der Waals surface area contributed by atoms with E-state index in [9.17, 15) is 4.79 Å². The van der Waals surface area contributed by atoms with Crippen molar-refractivity contribution in [1.29, 1.82) is 0 Å². The molecular weight excluding hydrogens is 374 g/mol. The third-order valence-corrected chi connectivity index (χ3v) is 5.77. The molecule has 4 rings (SSSR count). The molecule has 6 nitrogen and oxygen atoms in total. The van der Waals surface area contributed by atoms with Gasteiger partial charge in [-0.25, -0.2) is 9.97 Å². The number of rotatable bonds is 6. The minimum Gasteiger partial charge on any atom is -0.344 e. The zero-order valence-corrected chi connectivity index (χ0v) is 16.7. The summed E-state index contributed by atoms with van der Waals surface area (Å²) in [5.74, 6) is -0.00852. The number of carbonyl (C=O) groups excluding carboxylic acids is 1. The molecule has 28 heavy (non-hydrogen) atoms. The van der Waals surface area contributed by atoms with Crippen LogP contribution in [0.4, 0.5) is 0 Å². The van der Waals surface area contributed by atoms with Crippen LogP contribution in [0, 0.1) is 0 Å². The third kappa shape index (κ3) is 3.68. The Hall–Kier alpha value is -2.28. The fraction of sp³-hybridized carbons (Fsp3) is 0.381. The van der Waals surface area contributed by atoms with Crippen LogP contribution in [-0.4, -0.2) is 45.4 Å². The van der Waals surface area contributed by atoms with Gasteiger partial charge < -0.3 is 15.2 Å². The minimum absolute atomic E-state index is 0.0386. The summed E-state index contributed by atoms with van der Waals surface area (Å²) in [6, 6.07) is 7.95. The van der Waals surface area contributed by atoms with Gasteiger partial charge in [-0.15, -0.1) is 0 Å². The quantitative estimate of drug-likeness (QED) is 0.692. The largest absolute Gasteiger partial charge is 0.344 e. The van der Waals surface area contributed by atoms with Crippen molar-refractivity contribution in [3.8, 4) is 0 Å². The minimum atomic E-state index is -0.0471. The van der Waals surface area contributed by atoms with E-state index in [0.29, 0.717) is 13.0 Å². The molecule has 2 N–H and O–H groups in total. The van der Waals surface area contributed by atoms with E-state index in [2.05, 4.69) is 38.6 Å². The molecule has 2 aromatic heterocycles. The van der Waals surface area contributed by atoms with Crippen LogP contribution in [0.5, 0.6) is 0 Å². The maximum atomic E-state index is 12.2. The first kappa shape index (κ1) is 19.1. The molecule has 3 aromatic rings. The molecule has 3 heterocycles. The lowest BCUT2D eigenvalue weighted by Crippen LogP contribution is -2.28. The van der Waals surface area contributed by atoms with Crippen LogP contribution in [-0.2, 0) is 24.3 Å². The van der Waals surface area contributed by atoms with Gasteiger partial charge in [-0.2, -0.15) is 0 Å². The molecule has 0 bridgehead atoms. The molecular formula is C21H24ClN5O. The van der Waals surface area contributed by atoms with Crippen LogP contribution in [0.2, 0.25) is 5.02 Å². The van der Waals surface area contributed by atoms with Gasteiger partial charge in [0.2, 0.25) is 0 Å². The fourth-order valence-corrected chi connectivity index (χ4v) is 4.32. The van der Waals surface area contributed by atoms with Crippen molar-refractivity contribution in [2.45, 2.75) is 31.8 Å². The number of carbonyl (C=O) groups is 1. The van der Waals surface area contributed by atoms with Gasteiger partial charge in [-0.05, 0) is 36.9 Å². The number of aromatic nitrogens is 3. The Labute approximate surface area is 169 Å². The summed E-state index contributed by atoms with van der Waals surface area (Å²) < 4.78 is 2.35. The van der Waals surface area contributed by atoms with Crippen LogP contribution in [0.15, 0.2) is 36.8 Å². The first-order chi connectivity index (χ1) is 13.6. The van der Waals surface area contributed by atoms with Gasteiger partial charge >= 0.3 is 0 Å². The molecule has 7 heteroatoms. The molecule has 1 aliphatic heterocycles. The van der Waals surface area contributed by atoms with Crippen LogP contribution < -0.4 is 5.73 Å². The standard InChI is InChI=1S/C21H24ClN5O/c1-26-7-5-21-18(12-26)17-9-15(22)2-3-20(17)27(21)11-14(8-16(28)10-23)19-4-6-24-13-25-19/h2-4,6,9,13-14H,5,7-8,10-12,23H2,1H3. The molecule has 0 amide bonds. The van der Waals surface area contributed by atoms with Crippen molar-refractivity contribution in [2.24, 2.45) is 5.73 Å². The Morgan fingerprint density at radius 2 is 2.21 bits per heavy atom. The SMILES string of the molecule is CN1CCc2c(c3cc(Cl)ccc3n2CC(CC(=O)CN)c2ccncn2)C1. The van der Waals surface area contributed by atoms with Crippen molar-refractivity contribution >= 4 is 28.3 Å². The number of likely N-dealkylation sites (N-methyl/N-ethyl adjacent to an activating group) is 1. The Balaban J connectivity index is 1.80. The summed E-state index contributed by atoms with van der Waals surface area (Å²) in [6.45, 7) is 2.64. The van der Waals surface area contributed by atoms with Gasteiger partial charge in [0.15, 0.2) is 0 Å². The number of nitrogens with two attached hydrogens (primary N) is 1. The maximum Gasteiger partial charge on any atom is 0.147 e. The lowest BCUT2D eigenvalue weighted by atomic mass is 9.97. The van der Waals surface area contributed by atoms with E-state index < -0.39 is 0 Å². The van der Waals surface area contributed by atoms with Gasteiger partial charge in [0, 0.05) is 71.9 Å². The maximum absolute atomic E-state index is 12.2. The van der Waals surface area contributed by atoms with Crippen LogP contribution in [0.3, 0.4) is 0 Å². The zero-order valence-electron chi connectivity index (χ0n) is 15.9. The van der Waals surface area contributed by atoms with E-state index >= 15 is 0 Å². The van der Waals surface area contributed by atoms with Gasteiger partial charge in [0.05, 0.1) is 6.54 Å². The summed E-state index contributed by atoms with van der Waals surface area (Å²) in [6.07, 6.45) is 4.60. The second-order valence-electron chi connectivity index (χ2n) is 7.46. The molecule has 1 aromatic carbocycles. The molecule has 1 atom stereocenters. The summed E-state index contributed by atoms with van der Waals surface area (Å²) in [5.41, 5.74) is 10.3. The lowest BCUT2D eigenvalue weighted by molar-refractivity contribution is -0.118. The fourth-order valence-electron chi connectivity index (χ4n) is 4.15. The summed E-state index contributed by atoms with van der Waals surface area (Å²) >= 11 is 6.30. The van der Waals surface area contributed by atoms with Crippen LogP contribution in [0.1, 0.15) is 29.3 Å². The topological polar surface area (TPSA) is 77.0 Å². The molecule has 0 radical (unpaired) electrons. The summed E-state index contributed by atoms with van der Waals surface area (Å²) in [7, 11) is 2.14. The number of ketones is 1. The molecule has 0 saturated carbocycles. The lowest BCUT2D eigenvalue weighted by Gasteiger charge is -2.25.